The number of aromatic nitrogens is 2. The highest BCUT2D eigenvalue weighted by molar-refractivity contribution is 5.74. The Morgan fingerprint density at radius 1 is 1.39 bits per heavy atom. The van der Waals surface area contributed by atoms with Crippen LogP contribution in [-0.2, 0) is 0 Å². The molecule has 1 N–H and O–H groups in total. The predicted octanol–water partition coefficient (Wildman–Crippen LogP) is 2.88. The number of aromatic amines is 1. The lowest BCUT2D eigenvalue weighted by Gasteiger charge is -2.28. The molecule has 0 unspecified atom stereocenters. The molecule has 95 valence electrons. The largest absolute Gasteiger partial charge is 0.326 e. The SMILES string of the molecule is O=c1[nH]c2c[c]ccc2n1C1CCC(F)(F)CC1. The van der Waals surface area contributed by atoms with Gasteiger partial charge in [0.05, 0.1) is 11.0 Å². The lowest BCUT2D eigenvalue weighted by Crippen LogP contribution is -2.30. The van der Waals surface area contributed by atoms with E-state index in [1.165, 1.54) is 0 Å². The number of halogens is 2. The van der Waals surface area contributed by atoms with Gasteiger partial charge in [0.1, 0.15) is 0 Å². The highest BCUT2D eigenvalue weighted by Crippen LogP contribution is 2.38. The summed E-state index contributed by atoms with van der Waals surface area (Å²) in [5.74, 6) is -2.57. The monoisotopic (exact) mass is 251 g/mol. The first-order chi connectivity index (χ1) is 8.57. The quantitative estimate of drug-likeness (QED) is 0.831. The van der Waals surface area contributed by atoms with E-state index in [1.54, 1.807) is 22.8 Å². The Bertz CT molecular complexity index is 619. The Hall–Kier alpha value is -1.65. The molecule has 2 aromatic rings. The van der Waals surface area contributed by atoms with Gasteiger partial charge in [-0.3, -0.25) is 4.57 Å². The van der Waals surface area contributed by atoms with Crippen molar-refractivity contribution < 1.29 is 8.78 Å². The lowest BCUT2D eigenvalue weighted by molar-refractivity contribution is -0.0438. The van der Waals surface area contributed by atoms with Crippen LogP contribution in [0.15, 0.2) is 23.0 Å². The molecule has 5 heteroatoms. The van der Waals surface area contributed by atoms with Crippen molar-refractivity contribution in [3.63, 3.8) is 0 Å². The Labute approximate surface area is 102 Å². The summed E-state index contributed by atoms with van der Waals surface area (Å²) in [6, 6.07) is 7.97. The molecule has 0 aliphatic heterocycles. The van der Waals surface area contributed by atoms with Crippen molar-refractivity contribution in [3.8, 4) is 0 Å². The van der Waals surface area contributed by atoms with Crippen LogP contribution in [0.4, 0.5) is 8.78 Å². The van der Waals surface area contributed by atoms with Crippen molar-refractivity contribution in [2.24, 2.45) is 0 Å². The second kappa shape index (κ2) is 3.93. The smallest absolute Gasteiger partial charge is 0.306 e. The zero-order valence-electron chi connectivity index (χ0n) is 9.75. The molecule has 3 rings (SSSR count). The molecule has 0 spiro atoms. The summed E-state index contributed by atoms with van der Waals surface area (Å²) < 4.78 is 27.9. The average Bonchev–Trinajstić information content (AvgIpc) is 2.66. The van der Waals surface area contributed by atoms with Crippen molar-refractivity contribution in [3.05, 3.63) is 34.7 Å². The minimum atomic E-state index is -2.57. The first-order valence-corrected chi connectivity index (χ1v) is 6.05. The number of imidazole rings is 1. The van der Waals surface area contributed by atoms with Crippen molar-refractivity contribution in [1.82, 2.24) is 9.55 Å². The van der Waals surface area contributed by atoms with Gasteiger partial charge in [-0.1, -0.05) is 6.07 Å². The summed E-state index contributed by atoms with van der Waals surface area (Å²) in [6.45, 7) is 0. The third kappa shape index (κ3) is 1.83. The predicted molar refractivity (Wildman–Crippen MR) is 63.8 cm³/mol. The van der Waals surface area contributed by atoms with Crippen LogP contribution >= 0.6 is 0 Å². The van der Waals surface area contributed by atoms with Crippen LogP contribution in [0.1, 0.15) is 31.7 Å². The van der Waals surface area contributed by atoms with Gasteiger partial charge < -0.3 is 4.98 Å². The van der Waals surface area contributed by atoms with Crippen LogP contribution in [-0.4, -0.2) is 15.5 Å². The third-order valence-corrected chi connectivity index (χ3v) is 3.61. The van der Waals surface area contributed by atoms with Crippen molar-refractivity contribution in [2.75, 3.05) is 0 Å². The number of nitrogens with zero attached hydrogens (tertiary/aromatic N) is 1. The number of rotatable bonds is 1. The molecule has 1 aromatic carbocycles. The Morgan fingerprint density at radius 2 is 2.11 bits per heavy atom. The topological polar surface area (TPSA) is 37.8 Å². The normalized spacial score (nSPS) is 20.3. The van der Waals surface area contributed by atoms with Crippen molar-refractivity contribution >= 4 is 11.0 Å². The second-order valence-electron chi connectivity index (χ2n) is 4.83. The van der Waals surface area contributed by atoms with E-state index in [-0.39, 0.29) is 24.6 Å². The molecule has 3 nitrogen and oxygen atoms in total. The van der Waals surface area contributed by atoms with Gasteiger partial charge in [-0.15, -0.1) is 0 Å². The van der Waals surface area contributed by atoms with E-state index in [0.717, 1.165) is 5.52 Å². The Balaban J connectivity index is 2.00. The van der Waals surface area contributed by atoms with E-state index in [1.807, 2.05) is 0 Å². The molecule has 18 heavy (non-hydrogen) atoms. The van der Waals surface area contributed by atoms with Crippen LogP contribution < -0.4 is 5.69 Å². The standard InChI is InChI=1S/C13H13F2N2O/c14-13(15)7-5-9(6-8-13)17-11-4-2-1-3-10(11)16-12(17)18/h2-4,9H,5-8H2,(H,16,18). The lowest BCUT2D eigenvalue weighted by atomic mass is 9.92. The molecular formula is C13H13F2N2O. The number of nitrogens with one attached hydrogen (secondary N) is 1. The minimum Gasteiger partial charge on any atom is -0.306 e. The highest BCUT2D eigenvalue weighted by Gasteiger charge is 2.36. The molecule has 1 saturated carbocycles. The van der Waals surface area contributed by atoms with Gasteiger partial charge in [0, 0.05) is 18.9 Å². The van der Waals surface area contributed by atoms with Crippen LogP contribution in [0.2, 0.25) is 0 Å². The van der Waals surface area contributed by atoms with Gasteiger partial charge in [-0.25, -0.2) is 13.6 Å². The number of fused-ring (bicyclic) bond motifs is 1. The van der Waals surface area contributed by atoms with Gasteiger partial charge in [0.2, 0.25) is 5.92 Å². The molecule has 1 aromatic heterocycles. The summed E-state index contributed by atoms with van der Waals surface area (Å²) in [5.41, 5.74) is 1.26. The van der Waals surface area contributed by atoms with Crippen molar-refractivity contribution in [1.29, 1.82) is 0 Å². The molecule has 1 fully saturated rings. The van der Waals surface area contributed by atoms with Crippen LogP contribution in [0.25, 0.3) is 11.0 Å². The zero-order chi connectivity index (χ0) is 12.8. The fraction of sp³-hybridized carbons (Fsp3) is 0.462. The molecular weight excluding hydrogens is 238 g/mol. The van der Waals surface area contributed by atoms with Gasteiger partial charge in [0.15, 0.2) is 0 Å². The molecule has 0 bridgehead atoms. The second-order valence-corrected chi connectivity index (χ2v) is 4.83. The molecule has 0 amide bonds. The summed E-state index contributed by atoms with van der Waals surface area (Å²) in [4.78, 5) is 14.6. The molecule has 1 radical (unpaired) electrons. The average molecular weight is 251 g/mol. The van der Waals surface area contributed by atoms with E-state index in [4.69, 9.17) is 0 Å². The molecule has 1 aliphatic rings. The first kappa shape index (κ1) is 11.4. The van der Waals surface area contributed by atoms with E-state index in [2.05, 4.69) is 11.1 Å². The summed E-state index contributed by atoms with van der Waals surface area (Å²) >= 11 is 0. The van der Waals surface area contributed by atoms with Crippen LogP contribution in [0.5, 0.6) is 0 Å². The molecule has 1 aliphatic carbocycles. The maximum Gasteiger partial charge on any atom is 0.326 e. The number of benzene rings is 1. The number of H-pyrrole nitrogens is 1. The van der Waals surface area contributed by atoms with Crippen LogP contribution in [0, 0.1) is 6.07 Å². The van der Waals surface area contributed by atoms with E-state index < -0.39 is 5.92 Å². The van der Waals surface area contributed by atoms with Gasteiger partial charge in [0.25, 0.3) is 0 Å². The maximum atomic E-state index is 13.1. The first-order valence-electron chi connectivity index (χ1n) is 6.05. The molecule has 1 heterocycles. The maximum absolute atomic E-state index is 13.1. The van der Waals surface area contributed by atoms with Gasteiger partial charge >= 0.3 is 5.69 Å². The van der Waals surface area contributed by atoms with E-state index in [0.29, 0.717) is 18.4 Å². The fourth-order valence-electron chi connectivity index (χ4n) is 2.66. The summed E-state index contributed by atoms with van der Waals surface area (Å²) in [5, 5.41) is 0. The van der Waals surface area contributed by atoms with Crippen LogP contribution in [0.3, 0.4) is 0 Å². The summed E-state index contributed by atoms with van der Waals surface area (Å²) in [7, 11) is 0. The number of alkyl halides is 2. The number of hydrogen-bond donors (Lipinski definition) is 1. The van der Waals surface area contributed by atoms with E-state index in [9.17, 15) is 13.6 Å². The van der Waals surface area contributed by atoms with E-state index >= 15 is 0 Å². The highest BCUT2D eigenvalue weighted by atomic mass is 19.3. The third-order valence-electron chi connectivity index (χ3n) is 3.61. The van der Waals surface area contributed by atoms with Crippen molar-refractivity contribution in [2.45, 2.75) is 37.6 Å². The van der Waals surface area contributed by atoms with Gasteiger partial charge in [-0.05, 0) is 31.0 Å². The minimum absolute atomic E-state index is 0.131. The van der Waals surface area contributed by atoms with Gasteiger partial charge in [-0.2, -0.15) is 0 Å². The number of hydrogen-bond acceptors (Lipinski definition) is 1. The molecule has 0 atom stereocenters. The Morgan fingerprint density at radius 3 is 2.83 bits per heavy atom. The summed E-state index contributed by atoms with van der Waals surface area (Å²) in [6.07, 6.45) is 0.405. The molecule has 0 saturated heterocycles. The zero-order valence-corrected chi connectivity index (χ0v) is 9.75. The Kier molecular flexibility index (Phi) is 2.50. The fourth-order valence-corrected chi connectivity index (χ4v) is 2.66.